The fraction of sp³-hybridized carbons (Fsp3) is 0.188. The number of rotatable bonds is 4. The molecule has 2 amide bonds. The molecule has 2 N–H and O–H groups in total. The van der Waals surface area contributed by atoms with E-state index >= 15 is 0 Å². The van der Waals surface area contributed by atoms with E-state index in [2.05, 4.69) is 10.6 Å². The van der Waals surface area contributed by atoms with Crippen molar-refractivity contribution in [2.24, 2.45) is 0 Å². The molecule has 0 aliphatic heterocycles. The van der Waals surface area contributed by atoms with Gasteiger partial charge in [-0.3, -0.25) is 0 Å². The lowest BCUT2D eigenvalue weighted by Gasteiger charge is -2.14. The van der Waals surface area contributed by atoms with Crippen LogP contribution < -0.4 is 20.1 Å². The molecule has 0 heterocycles. The number of carbonyl (C=O) groups is 1. The predicted molar refractivity (Wildman–Crippen MR) is 93.4 cm³/mol. The van der Waals surface area contributed by atoms with Crippen LogP contribution in [0, 0.1) is 6.92 Å². The van der Waals surface area contributed by atoms with Gasteiger partial charge in [-0.1, -0.05) is 29.3 Å². The topological polar surface area (TPSA) is 59.6 Å². The summed E-state index contributed by atoms with van der Waals surface area (Å²) in [5, 5.41) is 6.17. The summed E-state index contributed by atoms with van der Waals surface area (Å²) in [5.74, 6) is 0.882. The summed E-state index contributed by atoms with van der Waals surface area (Å²) in [6, 6.07) is 8.04. The van der Waals surface area contributed by atoms with Crippen LogP contribution in [0.3, 0.4) is 0 Å². The number of halogens is 2. The molecule has 2 rings (SSSR count). The van der Waals surface area contributed by atoms with Crippen molar-refractivity contribution in [2.75, 3.05) is 24.9 Å². The molecule has 0 radical (unpaired) electrons. The van der Waals surface area contributed by atoms with E-state index in [1.165, 1.54) is 14.2 Å². The van der Waals surface area contributed by atoms with Crippen molar-refractivity contribution in [1.29, 1.82) is 0 Å². The normalized spacial score (nSPS) is 10.1. The number of ether oxygens (including phenoxy) is 2. The maximum Gasteiger partial charge on any atom is 0.323 e. The van der Waals surface area contributed by atoms with E-state index in [-0.39, 0.29) is 0 Å². The van der Waals surface area contributed by atoms with Crippen LogP contribution in [0.25, 0.3) is 0 Å². The summed E-state index contributed by atoms with van der Waals surface area (Å²) >= 11 is 12.1. The maximum absolute atomic E-state index is 12.2. The second kappa shape index (κ2) is 7.44. The fourth-order valence-corrected chi connectivity index (χ4v) is 2.37. The third-order valence-corrected chi connectivity index (χ3v) is 3.72. The third-order valence-electron chi connectivity index (χ3n) is 3.09. The van der Waals surface area contributed by atoms with Crippen molar-refractivity contribution in [3.05, 3.63) is 45.9 Å². The smallest absolute Gasteiger partial charge is 0.323 e. The quantitative estimate of drug-likeness (QED) is 0.815. The number of amides is 2. The Labute approximate surface area is 144 Å². The van der Waals surface area contributed by atoms with Gasteiger partial charge in [-0.15, -0.1) is 0 Å². The number of methoxy groups -OCH3 is 2. The summed E-state index contributed by atoms with van der Waals surface area (Å²) in [6.07, 6.45) is 0. The van der Waals surface area contributed by atoms with Gasteiger partial charge in [0, 0.05) is 6.07 Å². The van der Waals surface area contributed by atoms with E-state index in [0.717, 1.165) is 5.56 Å². The fourth-order valence-electron chi connectivity index (χ4n) is 1.97. The minimum Gasteiger partial charge on any atom is -0.495 e. The Bertz CT molecular complexity index is 736. The molecule has 0 aromatic heterocycles. The first-order valence-corrected chi connectivity index (χ1v) is 7.46. The van der Waals surface area contributed by atoms with Crippen molar-refractivity contribution < 1.29 is 14.3 Å². The molecular formula is C16H16Cl2N2O3. The third kappa shape index (κ3) is 4.21. The van der Waals surface area contributed by atoms with E-state index < -0.39 is 6.03 Å². The first-order chi connectivity index (χ1) is 10.9. The van der Waals surface area contributed by atoms with E-state index in [9.17, 15) is 4.79 Å². The highest BCUT2D eigenvalue weighted by Gasteiger charge is 2.13. The Balaban J connectivity index is 2.20. The molecule has 0 saturated heterocycles. The summed E-state index contributed by atoms with van der Waals surface area (Å²) < 4.78 is 10.3. The molecule has 5 nitrogen and oxygen atoms in total. The molecule has 122 valence electrons. The minimum atomic E-state index is -0.461. The number of carbonyl (C=O) groups excluding carboxylic acids is 1. The van der Waals surface area contributed by atoms with Crippen LogP contribution in [-0.4, -0.2) is 20.3 Å². The van der Waals surface area contributed by atoms with Gasteiger partial charge < -0.3 is 20.1 Å². The van der Waals surface area contributed by atoms with Gasteiger partial charge in [-0.2, -0.15) is 0 Å². The zero-order chi connectivity index (χ0) is 17.0. The molecule has 0 saturated carbocycles. The number of benzene rings is 2. The number of anilines is 2. The Morgan fingerprint density at radius 2 is 1.57 bits per heavy atom. The predicted octanol–water partition coefficient (Wildman–Crippen LogP) is 4.96. The average molecular weight is 355 g/mol. The van der Waals surface area contributed by atoms with Gasteiger partial charge in [0.2, 0.25) is 0 Å². The summed E-state index contributed by atoms with van der Waals surface area (Å²) in [4.78, 5) is 12.2. The van der Waals surface area contributed by atoms with Gasteiger partial charge in [-0.05, 0) is 30.7 Å². The van der Waals surface area contributed by atoms with Crippen LogP contribution in [0.2, 0.25) is 10.0 Å². The van der Waals surface area contributed by atoms with Crippen LogP contribution in [0.4, 0.5) is 16.2 Å². The molecule has 0 fully saturated rings. The summed E-state index contributed by atoms with van der Waals surface area (Å²) in [7, 11) is 2.99. The van der Waals surface area contributed by atoms with Crippen LogP contribution in [0.5, 0.6) is 11.5 Å². The summed E-state index contributed by atoms with van der Waals surface area (Å²) in [6.45, 7) is 1.91. The molecule has 23 heavy (non-hydrogen) atoms. The number of aryl methyl sites for hydroxylation is 1. The van der Waals surface area contributed by atoms with Gasteiger partial charge in [0.1, 0.15) is 11.5 Å². The molecule has 0 aliphatic carbocycles. The van der Waals surface area contributed by atoms with Crippen LogP contribution >= 0.6 is 23.2 Å². The Kier molecular flexibility index (Phi) is 5.58. The molecule has 2 aromatic carbocycles. The molecule has 0 unspecified atom stereocenters. The largest absolute Gasteiger partial charge is 0.495 e. The lowest BCUT2D eigenvalue weighted by atomic mass is 10.2. The number of urea groups is 1. The minimum absolute atomic E-state index is 0.359. The van der Waals surface area contributed by atoms with Crippen LogP contribution in [0.1, 0.15) is 5.56 Å². The maximum atomic E-state index is 12.2. The lowest BCUT2D eigenvalue weighted by molar-refractivity contribution is 0.262. The molecule has 2 aromatic rings. The zero-order valence-electron chi connectivity index (χ0n) is 12.9. The monoisotopic (exact) mass is 354 g/mol. The molecule has 7 heteroatoms. The zero-order valence-corrected chi connectivity index (χ0v) is 14.4. The lowest BCUT2D eigenvalue weighted by Crippen LogP contribution is -2.20. The SMILES string of the molecule is COc1cc(OC)c(NC(=O)Nc2cc(C)ccc2Cl)cc1Cl. The highest BCUT2D eigenvalue weighted by molar-refractivity contribution is 6.34. The highest BCUT2D eigenvalue weighted by Crippen LogP contribution is 2.36. The van der Waals surface area contributed by atoms with E-state index in [0.29, 0.717) is 32.9 Å². The highest BCUT2D eigenvalue weighted by atomic mass is 35.5. The average Bonchev–Trinajstić information content (AvgIpc) is 2.51. The van der Waals surface area contributed by atoms with Crippen molar-refractivity contribution in [3.63, 3.8) is 0 Å². The molecule has 0 atom stereocenters. The molecule has 0 aliphatic rings. The number of hydrogen-bond donors (Lipinski definition) is 2. The number of nitrogens with one attached hydrogen (secondary N) is 2. The van der Waals surface area contributed by atoms with Gasteiger partial charge in [0.15, 0.2) is 0 Å². The van der Waals surface area contributed by atoms with Crippen LogP contribution in [0.15, 0.2) is 30.3 Å². The molecule has 0 bridgehead atoms. The Hall–Kier alpha value is -2.11. The molecular weight excluding hydrogens is 339 g/mol. The van der Waals surface area contributed by atoms with E-state index in [4.69, 9.17) is 32.7 Å². The van der Waals surface area contributed by atoms with Crippen molar-refractivity contribution >= 4 is 40.6 Å². The standard InChI is InChI=1S/C16H16Cl2N2O3/c1-9-4-5-10(17)12(6-9)19-16(21)20-13-7-11(18)14(22-2)8-15(13)23-3/h4-8H,1-3H3,(H2,19,20,21). The van der Waals surface area contributed by atoms with Gasteiger partial charge >= 0.3 is 6.03 Å². The van der Waals surface area contributed by atoms with Crippen molar-refractivity contribution in [2.45, 2.75) is 6.92 Å². The summed E-state index contributed by atoms with van der Waals surface area (Å²) in [5.41, 5.74) is 1.91. The second-order valence-electron chi connectivity index (χ2n) is 4.75. The van der Waals surface area contributed by atoms with E-state index in [1.807, 2.05) is 13.0 Å². The Morgan fingerprint density at radius 3 is 2.22 bits per heavy atom. The first-order valence-electron chi connectivity index (χ1n) is 6.70. The van der Waals surface area contributed by atoms with Gasteiger partial charge in [0.05, 0.1) is 35.6 Å². The van der Waals surface area contributed by atoms with Gasteiger partial charge in [0.25, 0.3) is 0 Å². The van der Waals surface area contributed by atoms with Crippen molar-refractivity contribution in [3.8, 4) is 11.5 Å². The molecule has 0 spiro atoms. The first kappa shape index (κ1) is 17.2. The van der Waals surface area contributed by atoms with E-state index in [1.54, 1.807) is 24.3 Å². The van der Waals surface area contributed by atoms with Crippen molar-refractivity contribution in [1.82, 2.24) is 0 Å². The number of hydrogen-bond acceptors (Lipinski definition) is 3. The van der Waals surface area contributed by atoms with Crippen LogP contribution in [-0.2, 0) is 0 Å². The Morgan fingerprint density at radius 1 is 0.913 bits per heavy atom. The van der Waals surface area contributed by atoms with Gasteiger partial charge in [-0.25, -0.2) is 4.79 Å². The second-order valence-corrected chi connectivity index (χ2v) is 5.56.